The molecule has 17 nitrogen and oxygen atoms in total. The van der Waals surface area contributed by atoms with Crippen molar-refractivity contribution in [2.75, 3.05) is 0 Å². The maximum absolute atomic E-state index is 12.7. The number of rotatable bonds is 21. The SMILES string of the molecule is C=CC1CC[C@@H](C(C)(C)c2ccccc2)[C@H](OC(=O)C(=O)/C=C/c2cccnc2)C1.C=CC1CC[C@@H](C(C)(C)c2ccccc2)[C@H](OC(=O)[C@@H](O)/C=C/c2cccnc2)C1.CC(=O)[C@@H](O)/C=C/c1cccnc1.O=C(O)C(=O)/C=C/c1cccnc1.O=Cc1cccnc1. The van der Waals surface area contributed by atoms with Gasteiger partial charge in [0.25, 0.3) is 11.6 Å². The Morgan fingerprint density at radius 2 is 0.851 bits per heavy atom. The summed E-state index contributed by atoms with van der Waals surface area (Å²) in [6, 6.07) is 38.4. The lowest BCUT2D eigenvalue weighted by Gasteiger charge is -2.44. The normalized spacial score (nSPS) is 18.3. The zero-order chi connectivity index (χ0) is 68.3. The Balaban J connectivity index is 0.000000231. The number of allylic oxidation sites excluding steroid dienone is 2. The topological polar surface area (TPSA) is 263 Å². The molecule has 17 heteroatoms. The molecule has 2 saturated carbocycles. The van der Waals surface area contributed by atoms with Crippen molar-refractivity contribution in [1.82, 2.24) is 24.9 Å². The van der Waals surface area contributed by atoms with Crippen LogP contribution in [-0.4, -0.2) is 106 Å². The predicted octanol–water partition coefficient (Wildman–Crippen LogP) is 12.8. The molecule has 94 heavy (non-hydrogen) atoms. The molecule has 0 spiro atoms. The smallest absolute Gasteiger partial charge is 0.379 e. The molecule has 5 aromatic heterocycles. The van der Waals surface area contributed by atoms with E-state index in [9.17, 15) is 38.7 Å². The number of nitrogens with zero attached hydrogens (tertiary/aromatic N) is 5. The zero-order valence-corrected chi connectivity index (χ0v) is 53.7. The van der Waals surface area contributed by atoms with Gasteiger partial charge < -0.3 is 24.8 Å². The van der Waals surface area contributed by atoms with Gasteiger partial charge in [-0.05, 0) is 174 Å². The van der Waals surface area contributed by atoms with Gasteiger partial charge in [0.1, 0.15) is 18.3 Å². The summed E-state index contributed by atoms with van der Waals surface area (Å²) in [4.78, 5) is 98.4. The van der Waals surface area contributed by atoms with E-state index in [0.717, 1.165) is 61.2 Å². The minimum Gasteiger partial charge on any atom is -0.475 e. The van der Waals surface area contributed by atoms with Crippen LogP contribution in [0.1, 0.15) is 117 Å². The Morgan fingerprint density at radius 3 is 1.19 bits per heavy atom. The summed E-state index contributed by atoms with van der Waals surface area (Å²) in [5, 5.41) is 27.7. The number of aliphatic hydroxyl groups is 2. The predicted molar refractivity (Wildman–Crippen MR) is 364 cm³/mol. The van der Waals surface area contributed by atoms with Crippen molar-refractivity contribution < 1.29 is 58.4 Å². The van der Waals surface area contributed by atoms with E-state index in [1.54, 1.807) is 110 Å². The van der Waals surface area contributed by atoms with Gasteiger partial charge in [0.15, 0.2) is 18.2 Å². The van der Waals surface area contributed by atoms with E-state index >= 15 is 0 Å². The molecule has 0 amide bonds. The fourth-order valence-electron chi connectivity index (χ4n) is 10.7. The van der Waals surface area contributed by atoms with E-state index in [-0.39, 0.29) is 46.6 Å². The highest BCUT2D eigenvalue weighted by Crippen LogP contribution is 2.45. The van der Waals surface area contributed by atoms with Gasteiger partial charge in [-0.15, -0.1) is 13.2 Å². The number of esters is 2. The summed E-state index contributed by atoms with van der Waals surface area (Å²) in [6.07, 6.45) is 34.7. The second kappa shape index (κ2) is 39.1. The number of ether oxygens (including phenoxy) is 2. The van der Waals surface area contributed by atoms with E-state index in [0.29, 0.717) is 23.5 Å². The monoisotopic (exact) mass is 1270 g/mol. The molecule has 0 radical (unpaired) electrons. The first kappa shape index (κ1) is 74.4. The largest absolute Gasteiger partial charge is 0.475 e. The Morgan fingerprint density at radius 1 is 0.489 bits per heavy atom. The minimum atomic E-state index is -1.46. The molecule has 0 saturated heterocycles. The van der Waals surface area contributed by atoms with E-state index in [1.165, 1.54) is 54.7 Å². The first-order chi connectivity index (χ1) is 45.2. The molecule has 0 bridgehead atoms. The van der Waals surface area contributed by atoms with Crippen LogP contribution in [0.5, 0.6) is 0 Å². The Kier molecular flexibility index (Phi) is 31.0. The number of carboxylic acid groups (broad SMARTS) is 1. The number of carbonyl (C=O) groups excluding carboxylic acids is 6. The molecule has 3 N–H and O–H groups in total. The van der Waals surface area contributed by atoms with Crippen LogP contribution in [0.15, 0.2) is 233 Å². The van der Waals surface area contributed by atoms with Crippen molar-refractivity contribution in [2.45, 2.75) is 108 Å². The van der Waals surface area contributed by atoms with Crippen LogP contribution in [0.4, 0.5) is 0 Å². The molecule has 2 unspecified atom stereocenters. The van der Waals surface area contributed by atoms with Crippen LogP contribution >= 0.6 is 0 Å². The summed E-state index contributed by atoms with van der Waals surface area (Å²) in [5.74, 6) is -3.86. The van der Waals surface area contributed by atoms with Gasteiger partial charge in [0.2, 0.25) is 0 Å². The lowest BCUT2D eigenvalue weighted by molar-refractivity contribution is -0.163. The Bertz CT molecular complexity index is 3620. The number of ketones is 3. The number of aliphatic hydroxyl groups excluding tert-OH is 2. The number of aromatic nitrogens is 5. The highest BCUT2D eigenvalue weighted by atomic mass is 16.6. The third kappa shape index (κ3) is 25.0. The summed E-state index contributed by atoms with van der Waals surface area (Å²) >= 11 is 0. The number of hydrogen-bond donors (Lipinski definition) is 3. The number of carboxylic acids is 1. The number of hydrogen-bond acceptors (Lipinski definition) is 16. The van der Waals surface area contributed by atoms with Crippen molar-refractivity contribution in [3.05, 3.63) is 272 Å². The van der Waals surface area contributed by atoms with E-state index in [1.807, 2.05) is 66.7 Å². The molecule has 5 heterocycles. The van der Waals surface area contributed by atoms with Crippen molar-refractivity contribution in [3.63, 3.8) is 0 Å². The number of aldehydes is 1. The second-order valence-corrected chi connectivity index (χ2v) is 23.4. The van der Waals surface area contributed by atoms with Gasteiger partial charge in [-0.25, -0.2) is 14.4 Å². The first-order valence-corrected chi connectivity index (χ1v) is 30.8. The average Bonchev–Trinajstić information content (AvgIpc) is 0.799. The van der Waals surface area contributed by atoms with Gasteiger partial charge in [-0.3, -0.25) is 44.1 Å². The molecule has 2 aromatic carbocycles. The Labute approximate surface area is 550 Å². The van der Waals surface area contributed by atoms with Gasteiger partial charge in [0, 0.05) is 79.4 Å². The van der Waals surface area contributed by atoms with Crippen LogP contribution in [-0.2, 0) is 49.1 Å². The van der Waals surface area contributed by atoms with Gasteiger partial charge in [0.05, 0.1) is 0 Å². The molecule has 7 aromatic rings. The van der Waals surface area contributed by atoms with Crippen molar-refractivity contribution >= 4 is 65.8 Å². The average molecular weight is 1270 g/mol. The summed E-state index contributed by atoms with van der Waals surface area (Å²) in [7, 11) is 0. The number of Topliss-reactive ketones (excluding diaryl/α,β-unsaturated/α-hetero) is 1. The molecule has 2 aliphatic rings. The summed E-state index contributed by atoms with van der Waals surface area (Å²) in [6.45, 7) is 18.0. The fourth-order valence-corrected chi connectivity index (χ4v) is 10.7. The van der Waals surface area contributed by atoms with Crippen LogP contribution in [0.25, 0.3) is 24.3 Å². The molecule has 0 aliphatic heterocycles. The molecule has 8 atom stereocenters. The second-order valence-electron chi connectivity index (χ2n) is 23.4. The van der Waals surface area contributed by atoms with Gasteiger partial charge >= 0.3 is 17.9 Å². The molecular formula is C77H83N5O12. The lowest BCUT2D eigenvalue weighted by atomic mass is 9.64. The molecule has 488 valence electrons. The number of aliphatic carboxylic acids is 1. The standard InChI is InChI=1S/C26H31NO3.C26H29NO3.C10H11NO2.C9H7NO3.C6H5NO/c2*1-4-19-12-14-22(26(2,3)21-10-6-5-7-11-21)24(17-19)30-25(29)23(28)15-13-20-9-8-16-27-18-20;1-8(12)10(13)5-4-9-3-2-6-11-7-9;11-8(9(12)13)4-3-7-2-1-5-10-6-7;8-5-6-2-1-3-7-4-6/h4-11,13,15-16,18-19,22-24,28H,1,12,14,17H2,2-3H3;4-11,13,15-16,18-19,22,24H,1,12,14,17H2,2-3H3;2-7,10,13H,1H3;1-6H,(H,12,13);1-5H/b2*15-13+;5-4+;4-3+;/t19?,22-,23+,24-;19?,22-,24-;10-;;/m110../s1. The van der Waals surface area contributed by atoms with Crippen molar-refractivity contribution in [3.8, 4) is 0 Å². The van der Waals surface area contributed by atoms with Gasteiger partial charge in [-0.1, -0.05) is 137 Å². The van der Waals surface area contributed by atoms with E-state index in [2.05, 4.69) is 90.0 Å². The van der Waals surface area contributed by atoms with E-state index in [4.69, 9.17) is 19.7 Å². The number of pyridine rings is 5. The molecule has 9 rings (SSSR count). The van der Waals surface area contributed by atoms with Crippen LogP contribution in [0.3, 0.4) is 0 Å². The van der Waals surface area contributed by atoms with Crippen molar-refractivity contribution in [2.24, 2.45) is 23.7 Å². The van der Waals surface area contributed by atoms with Crippen molar-refractivity contribution in [1.29, 1.82) is 0 Å². The third-order valence-corrected chi connectivity index (χ3v) is 16.2. The fraction of sp³-hybridized carbons (Fsp3) is 0.273. The quantitative estimate of drug-likeness (QED) is 0.0198. The highest BCUT2D eigenvalue weighted by molar-refractivity contribution is 6.39. The zero-order valence-electron chi connectivity index (χ0n) is 53.7. The minimum absolute atomic E-state index is 0.121. The summed E-state index contributed by atoms with van der Waals surface area (Å²) in [5.41, 5.74) is 5.83. The first-order valence-electron chi connectivity index (χ1n) is 30.8. The van der Waals surface area contributed by atoms with E-state index < -0.39 is 41.7 Å². The Hall–Kier alpha value is -10.4. The maximum atomic E-state index is 12.7. The maximum Gasteiger partial charge on any atom is 0.379 e. The van der Waals surface area contributed by atoms with Gasteiger partial charge in [-0.2, -0.15) is 0 Å². The molecular weight excluding hydrogens is 1190 g/mol. The van der Waals surface area contributed by atoms with Crippen LogP contribution in [0, 0.1) is 23.7 Å². The van der Waals surface area contributed by atoms with Crippen LogP contribution in [0.2, 0.25) is 0 Å². The van der Waals surface area contributed by atoms with Crippen LogP contribution < -0.4 is 0 Å². The molecule has 2 fully saturated rings. The number of benzene rings is 2. The highest BCUT2D eigenvalue weighted by Gasteiger charge is 2.44. The molecule has 2 aliphatic carbocycles. The number of carbonyl (C=O) groups is 7. The lowest BCUT2D eigenvalue weighted by Crippen LogP contribution is -2.44. The summed E-state index contributed by atoms with van der Waals surface area (Å²) < 4.78 is 11.7. The third-order valence-electron chi connectivity index (χ3n) is 16.2.